The average Bonchev–Trinajstić information content (AvgIpc) is 3.15. The van der Waals surface area contributed by atoms with Gasteiger partial charge in [0, 0.05) is 30.4 Å². The van der Waals surface area contributed by atoms with Gasteiger partial charge in [-0.2, -0.15) is 0 Å². The molecular weight excluding hydrogens is 402 g/mol. The normalized spacial score (nSPS) is 11.4. The van der Waals surface area contributed by atoms with Gasteiger partial charge in [0.25, 0.3) is 5.91 Å². The SMILES string of the molecule is CS(=O)(=O)c1ccccc1C(=O)Nc1cccc(OCc2cn3ccccc3n2)c1. The largest absolute Gasteiger partial charge is 0.487 e. The van der Waals surface area contributed by atoms with E-state index in [4.69, 9.17) is 4.74 Å². The molecule has 2 aromatic carbocycles. The van der Waals surface area contributed by atoms with Gasteiger partial charge in [-0.15, -0.1) is 0 Å². The molecule has 0 aliphatic heterocycles. The van der Waals surface area contributed by atoms with Crippen molar-refractivity contribution >= 4 is 27.1 Å². The van der Waals surface area contributed by atoms with E-state index < -0.39 is 15.7 Å². The summed E-state index contributed by atoms with van der Waals surface area (Å²) in [5.41, 5.74) is 2.20. The summed E-state index contributed by atoms with van der Waals surface area (Å²) in [6, 6.07) is 18.8. The number of imidazole rings is 1. The van der Waals surface area contributed by atoms with Crippen LogP contribution in [-0.2, 0) is 16.4 Å². The average molecular weight is 421 g/mol. The summed E-state index contributed by atoms with van der Waals surface area (Å²) in [6.45, 7) is 0.274. The molecule has 0 spiro atoms. The number of fused-ring (bicyclic) bond motifs is 1. The Balaban J connectivity index is 1.48. The number of pyridine rings is 1. The van der Waals surface area contributed by atoms with Gasteiger partial charge in [0.1, 0.15) is 18.0 Å². The van der Waals surface area contributed by atoms with Gasteiger partial charge in [-0.25, -0.2) is 13.4 Å². The zero-order valence-corrected chi connectivity index (χ0v) is 17.0. The minimum absolute atomic E-state index is 0.0123. The highest BCUT2D eigenvalue weighted by molar-refractivity contribution is 7.90. The van der Waals surface area contributed by atoms with Crippen LogP contribution >= 0.6 is 0 Å². The number of ether oxygens (including phenoxy) is 1. The number of carbonyl (C=O) groups is 1. The van der Waals surface area contributed by atoms with Crippen molar-refractivity contribution in [2.45, 2.75) is 11.5 Å². The van der Waals surface area contributed by atoms with E-state index >= 15 is 0 Å². The summed E-state index contributed by atoms with van der Waals surface area (Å²) >= 11 is 0. The number of nitrogens with zero attached hydrogens (tertiary/aromatic N) is 2. The number of aromatic nitrogens is 2. The zero-order valence-electron chi connectivity index (χ0n) is 16.1. The van der Waals surface area contributed by atoms with E-state index in [0.717, 1.165) is 17.6 Å². The Bertz CT molecular complexity index is 1300. The Labute approximate surface area is 173 Å². The van der Waals surface area contributed by atoms with Crippen LogP contribution in [0.4, 0.5) is 5.69 Å². The highest BCUT2D eigenvalue weighted by Crippen LogP contribution is 2.21. The van der Waals surface area contributed by atoms with Gasteiger partial charge in [-0.05, 0) is 36.4 Å². The maximum Gasteiger partial charge on any atom is 0.256 e. The number of sulfone groups is 1. The predicted octanol–water partition coefficient (Wildman–Crippen LogP) is 3.57. The van der Waals surface area contributed by atoms with Gasteiger partial charge in [-0.3, -0.25) is 4.79 Å². The van der Waals surface area contributed by atoms with Crippen molar-refractivity contribution in [1.82, 2.24) is 9.38 Å². The lowest BCUT2D eigenvalue weighted by Crippen LogP contribution is -2.16. The van der Waals surface area contributed by atoms with Gasteiger partial charge in [0.2, 0.25) is 0 Å². The number of hydrogen-bond donors (Lipinski definition) is 1. The first-order valence-electron chi connectivity index (χ1n) is 9.16. The van der Waals surface area contributed by atoms with Crippen molar-refractivity contribution in [2.75, 3.05) is 11.6 Å². The zero-order chi connectivity index (χ0) is 21.1. The highest BCUT2D eigenvalue weighted by atomic mass is 32.2. The van der Waals surface area contributed by atoms with Gasteiger partial charge in [-0.1, -0.05) is 24.3 Å². The molecule has 30 heavy (non-hydrogen) atoms. The van der Waals surface area contributed by atoms with Crippen LogP contribution in [0.15, 0.2) is 84.0 Å². The van der Waals surface area contributed by atoms with Crippen LogP contribution in [0.3, 0.4) is 0 Å². The number of benzene rings is 2. The standard InChI is InChI=1S/C22H19N3O4S/c1-30(27,28)20-10-3-2-9-19(20)22(26)24-16-7-6-8-18(13-16)29-15-17-14-25-12-5-4-11-21(25)23-17/h2-14H,15H2,1H3,(H,24,26). The topological polar surface area (TPSA) is 89.8 Å². The van der Waals surface area contributed by atoms with Crippen molar-refractivity contribution in [3.63, 3.8) is 0 Å². The number of nitrogens with one attached hydrogen (secondary N) is 1. The summed E-state index contributed by atoms with van der Waals surface area (Å²) in [4.78, 5) is 17.1. The van der Waals surface area contributed by atoms with E-state index in [1.807, 2.05) is 35.0 Å². The number of carbonyl (C=O) groups excluding carboxylic acids is 1. The second kappa shape index (κ2) is 8.00. The third-order valence-corrected chi connectivity index (χ3v) is 5.58. The Morgan fingerprint density at radius 3 is 2.67 bits per heavy atom. The molecule has 0 unspecified atom stereocenters. The quantitative estimate of drug-likeness (QED) is 0.514. The Hall–Kier alpha value is -3.65. The number of anilines is 1. The van der Waals surface area contributed by atoms with Crippen molar-refractivity contribution < 1.29 is 17.9 Å². The number of rotatable bonds is 6. The van der Waals surface area contributed by atoms with Gasteiger partial charge in [0.05, 0.1) is 16.2 Å². The molecule has 1 N–H and O–H groups in total. The smallest absolute Gasteiger partial charge is 0.256 e. The fraction of sp³-hybridized carbons (Fsp3) is 0.0909. The Morgan fingerprint density at radius 2 is 1.87 bits per heavy atom. The van der Waals surface area contributed by atoms with Gasteiger partial charge >= 0.3 is 0 Å². The van der Waals surface area contributed by atoms with Crippen LogP contribution in [0.5, 0.6) is 5.75 Å². The van der Waals surface area contributed by atoms with Crippen LogP contribution in [-0.4, -0.2) is 30.0 Å². The lowest BCUT2D eigenvalue weighted by atomic mass is 10.2. The van der Waals surface area contributed by atoms with Crippen molar-refractivity contribution in [2.24, 2.45) is 0 Å². The molecule has 0 radical (unpaired) electrons. The monoisotopic (exact) mass is 421 g/mol. The van der Waals surface area contributed by atoms with Crippen LogP contribution in [0.2, 0.25) is 0 Å². The summed E-state index contributed by atoms with van der Waals surface area (Å²) in [5.74, 6) is 0.0507. The molecule has 0 aliphatic carbocycles. The molecule has 0 fully saturated rings. The lowest BCUT2D eigenvalue weighted by molar-refractivity contribution is 0.102. The van der Waals surface area contributed by atoms with Crippen LogP contribution in [0.25, 0.3) is 5.65 Å². The molecule has 7 nitrogen and oxygen atoms in total. The molecule has 0 saturated carbocycles. The van der Waals surface area contributed by atoms with Crippen LogP contribution in [0.1, 0.15) is 16.1 Å². The van der Waals surface area contributed by atoms with Crippen molar-refractivity contribution in [1.29, 1.82) is 0 Å². The van der Waals surface area contributed by atoms with Crippen LogP contribution in [0, 0.1) is 0 Å². The molecule has 2 heterocycles. The van der Waals surface area contributed by atoms with Gasteiger partial charge in [0.15, 0.2) is 9.84 Å². The molecule has 1 amide bonds. The fourth-order valence-electron chi connectivity index (χ4n) is 3.05. The number of amides is 1. The van der Waals surface area contributed by atoms with Crippen LogP contribution < -0.4 is 10.1 Å². The molecule has 8 heteroatoms. The second-order valence-electron chi connectivity index (χ2n) is 6.74. The lowest BCUT2D eigenvalue weighted by Gasteiger charge is -2.10. The second-order valence-corrected chi connectivity index (χ2v) is 8.72. The van der Waals surface area contributed by atoms with E-state index in [2.05, 4.69) is 10.3 Å². The summed E-state index contributed by atoms with van der Waals surface area (Å²) < 4.78 is 31.6. The van der Waals surface area contributed by atoms with E-state index in [-0.39, 0.29) is 17.1 Å². The van der Waals surface area contributed by atoms with Gasteiger partial charge < -0.3 is 14.5 Å². The molecular formula is C22H19N3O4S. The minimum Gasteiger partial charge on any atom is -0.487 e. The molecule has 0 bridgehead atoms. The molecule has 4 aromatic rings. The van der Waals surface area contributed by atoms with E-state index in [9.17, 15) is 13.2 Å². The first-order chi connectivity index (χ1) is 14.4. The van der Waals surface area contributed by atoms with E-state index in [1.54, 1.807) is 36.4 Å². The Morgan fingerprint density at radius 1 is 1.07 bits per heavy atom. The Kier molecular flexibility index (Phi) is 5.24. The molecule has 0 atom stereocenters. The highest BCUT2D eigenvalue weighted by Gasteiger charge is 2.18. The first-order valence-corrected chi connectivity index (χ1v) is 11.1. The first kappa shape index (κ1) is 19.7. The van der Waals surface area contributed by atoms with E-state index in [1.165, 1.54) is 12.1 Å². The molecule has 0 saturated heterocycles. The summed E-state index contributed by atoms with van der Waals surface area (Å²) in [5, 5.41) is 2.73. The van der Waals surface area contributed by atoms with Crippen molar-refractivity contribution in [3.8, 4) is 5.75 Å². The maximum atomic E-state index is 12.6. The molecule has 4 rings (SSSR count). The molecule has 0 aliphatic rings. The molecule has 2 aromatic heterocycles. The minimum atomic E-state index is -3.52. The third-order valence-electron chi connectivity index (χ3n) is 4.42. The summed E-state index contributed by atoms with van der Waals surface area (Å²) in [6.07, 6.45) is 4.88. The summed E-state index contributed by atoms with van der Waals surface area (Å²) in [7, 11) is -3.52. The third kappa shape index (κ3) is 4.33. The number of hydrogen-bond acceptors (Lipinski definition) is 5. The fourth-order valence-corrected chi connectivity index (χ4v) is 3.94. The van der Waals surface area contributed by atoms with Crippen molar-refractivity contribution in [3.05, 3.63) is 90.4 Å². The maximum absolute atomic E-state index is 12.6. The molecule has 152 valence electrons. The predicted molar refractivity (Wildman–Crippen MR) is 113 cm³/mol. The van der Waals surface area contributed by atoms with E-state index in [0.29, 0.717) is 11.4 Å².